The largest absolute Gasteiger partial charge is 0.490 e. The highest BCUT2D eigenvalue weighted by atomic mass is 19.4. The summed E-state index contributed by atoms with van der Waals surface area (Å²) >= 11 is 0. The summed E-state index contributed by atoms with van der Waals surface area (Å²) in [5.74, 6) is -2.08. The van der Waals surface area contributed by atoms with Gasteiger partial charge in [0.2, 0.25) is 0 Å². The van der Waals surface area contributed by atoms with E-state index in [4.69, 9.17) is 15.3 Å². The molecule has 0 amide bonds. The van der Waals surface area contributed by atoms with Crippen LogP contribution in [0.3, 0.4) is 0 Å². The van der Waals surface area contributed by atoms with Crippen molar-refractivity contribution in [3.05, 3.63) is 0 Å². The standard InChI is InChI=1S/C5H12N2.C2HF3O2/c1-4-5(6)7(2)3;3-2(4,5)1(6)7/h6H,4H2,1-3H3;(H,6,7). The van der Waals surface area contributed by atoms with Gasteiger partial charge in [-0.1, -0.05) is 6.92 Å². The maximum atomic E-state index is 10.6. The van der Waals surface area contributed by atoms with E-state index < -0.39 is 12.1 Å². The van der Waals surface area contributed by atoms with Gasteiger partial charge in [0.25, 0.3) is 0 Å². The molecule has 14 heavy (non-hydrogen) atoms. The molecule has 0 spiro atoms. The van der Waals surface area contributed by atoms with Crippen LogP contribution in [0.4, 0.5) is 13.2 Å². The first-order valence-electron chi connectivity index (χ1n) is 3.67. The molecule has 0 aromatic carbocycles. The second-order valence-corrected chi connectivity index (χ2v) is 2.50. The first kappa shape index (κ1) is 15.2. The van der Waals surface area contributed by atoms with E-state index in [1.165, 1.54) is 0 Å². The lowest BCUT2D eigenvalue weighted by molar-refractivity contribution is -0.192. The lowest BCUT2D eigenvalue weighted by Gasteiger charge is -2.09. The van der Waals surface area contributed by atoms with Crippen LogP contribution in [-0.4, -0.2) is 42.1 Å². The van der Waals surface area contributed by atoms with Gasteiger partial charge in [0.1, 0.15) is 0 Å². The fourth-order valence-electron chi connectivity index (χ4n) is 0.316. The third-order valence-corrected chi connectivity index (χ3v) is 1.12. The molecular formula is C7H13F3N2O2. The molecule has 4 nitrogen and oxygen atoms in total. The number of hydrogen-bond donors (Lipinski definition) is 2. The summed E-state index contributed by atoms with van der Waals surface area (Å²) in [6, 6.07) is 0. The summed E-state index contributed by atoms with van der Waals surface area (Å²) in [6.07, 6.45) is -4.26. The number of halogens is 3. The van der Waals surface area contributed by atoms with E-state index in [1.807, 2.05) is 21.0 Å². The van der Waals surface area contributed by atoms with Crippen LogP contribution in [0.2, 0.25) is 0 Å². The number of rotatable bonds is 1. The first-order chi connectivity index (χ1) is 6.12. The number of amidine groups is 1. The molecule has 0 aromatic heterocycles. The van der Waals surface area contributed by atoms with Crippen LogP contribution in [-0.2, 0) is 4.79 Å². The topological polar surface area (TPSA) is 64.4 Å². The molecule has 2 N–H and O–H groups in total. The molecule has 0 aliphatic heterocycles. The van der Waals surface area contributed by atoms with Crippen molar-refractivity contribution in [1.29, 1.82) is 5.41 Å². The lowest BCUT2D eigenvalue weighted by Crippen LogP contribution is -2.21. The van der Waals surface area contributed by atoms with E-state index in [1.54, 1.807) is 4.90 Å². The van der Waals surface area contributed by atoms with Crippen molar-refractivity contribution in [3.63, 3.8) is 0 Å². The van der Waals surface area contributed by atoms with E-state index in [0.717, 1.165) is 6.42 Å². The molecule has 0 aromatic rings. The SMILES string of the molecule is CCC(=N)N(C)C.O=C(O)C(F)(F)F. The molecule has 0 heterocycles. The molecule has 0 bridgehead atoms. The molecule has 0 aliphatic rings. The average Bonchev–Trinajstić information content (AvgIpc) is 2.02. The minimum absolute atomic E-state index is 0.681. The van der Waals surface area contributed by atoms with Crippen molar-refractivity contribution in [2.24, 2.45) is 0 Å². The van der Waals surface area contributed by atoms with Gasteiger partial charge in [-0.25, -0.2) is 4.79 Å². The molecule has 0 saturated carbocycles. The van der Waals surface area contributed by atoms with Crippen LogP contribution in [0.5, 0.6) is 0 Å². The molecule has 0 unspecified atom stereocenters. The monoisotopic (exact) mass is 214 g/mol. The van der Waals surface area contributed by atoms with Crippen molar-refractivity contribution in [1.82, 2.24) is 4.90 Å². The Hall–Kier alpha value is -1.27. The van der Waals surface area contributed by atoms with Gasteiger partial charge in [0, 0.05) is 20.5 Å². The van der Waals surface area contributed by atoms with Crippen LogP contribution in [0.1, 0.15) is 13.3 Å². The van der Waals surface area contributed by atoms with Gasteiger partial charge in [-0.05, 0) is 0 Å². The number of nitrogens with one attached hydrogen (secondary N) is 1. The minimum atomic E-state index is -5.08. The summed E-state index contributed by atoms with van der Waals surface area (Å²) < 4.78 is 31.7. The highest BCUT2D eigenvalue weighted by Crippen LogP contribution is 2.13. The zero-order valence-corrected chi connectivity index (χ0v) is 8.14. The maximum absolute atomic E-state index is 10.6. The number of aliphatic carboxylic acids is 1. The second-order valence-electron chi connectivity index (χ2n) is 2.50. The Labute approximate surface area is 79.8 Å². The van der Waals surface area contributed by atoms with Crippen molar-refractivity contribution >= 4 is 11.8 Å². The minimum Gasteiger partial charge on any atom is -0.475 e. The summed E-state index contributed by atoms with van der Waals surface area (Å²) in [6.45, 7) is 1.97. The summed E-state index contributed by atoms with van der Waals surface area (Å²) in [4.78, 5) is 10.7. The van der Waals surface area contributed by atoms with Crippen molar-refractivity contribution in [2.75, 3.05) is 14.1 Å². The van der Waals surface area contributed by atoms with Crippen LogP contribution in [0.25, 0.3) is 0 Å². The Bertz CT molecular complexity index is 200. The molecule has 0 aliphatic carbocycles. The van der Waals surface area contributed by atoms with Crippen LogP contribution < -0.4 is 0 Å². The average molecular weight is 214 g/mol. The summed E-state index contributed by atoms with van der Waals surface area (Å²) in [5.41, 5.74) is 0. The molecule has 0 fully saturated rings. The molecule has 0 rings (SSSR count). The molecule has 84 valence electrons. The highest BCUT2D eigenvalue weighted by Gasteiger charge is 2.38. The molecule has 0 saturated heterocycles. The third-order valence-electron chi connectivity index (χ3n) is 1.12. The number of hydrogen-bond acceptors (Lipinski definition) is 2. The quantitative estimate of drug-likeness (QED) is 0.514. The predicted molar refractivity (Wildman–Crippen MR) is 45.4 cm³/mol. The highest BCUT2D eigenvalue weighted by molar-refractivity contribution is 5.78. The molecular weight excluding hydrogens is 201 g/mol. The van der Waals surface area contributed by atoms with Gasteiger partial charge in [-0.3, -0.25) is 5.41 Å². The van der Waals surface area contributed by atoms with Gasteiger partial charge in [0.05, 0.1) is 5.84 Å². The van der Waals surface area contributed by atoms with Gasteiger partial charge < -0.3 is 10.0 Å². The number of carboxylic acid groups (broad SMARTS) is 1. The van der Waals surface area contributed by atoms with Gasteiger partial charge in [-0.15, -0.1) is 0 Å². The number of carbonyl (C=O) groups is 1. The van der Waals surface area contributed by atoms with E-state index in [9.17, 15) is 13.2 Å². The first-order valence-corrected chi connectivity index (χ1v) is 3.67. The van der Waals surface area contributed by atoms with Crippen molar-refractivity contribution in [3.8, 4) is 0 Å². The third kappa shape index (κ3) is 8.82. The Kier molecular flexibility index (Phi) is 6.76. The Morgan fingerprint density at radius 2 is 1.71 bits per heavy atom. The fraction of sp³-hybridized carbons (Fsp3) is 0.714. The second kappa shape index (κ2) is 6.22. The fourth-order valence-corrected chi connectivity index (χ4v) is 0.316. The summed E-state index contributed by atoms with van der Waals surface area (Å²) in [7, 11) is 3.76. The van der Waals surface area contributed by atoms with E-state index in [0.29, 0.717) is 5.84 Å². The van der Waals surface area contributed by atoms with Crippen molar-refractivity contribution < 1.29 is 23.1 Å². The normalized spacial score (nSPS) is 9.86. The van der Waals surface area contributed by atoms with E-state index in [-0.39, 0.29) is 0 Å². The summed E-state index contributed by atoms with van der Waals surface area (Å²) in [5, 5.41) is 14.2. The van der Waals surface area contributed by atoms with E-state index in [2.05, 4.69) is 0 Å². The van der Waals surface area contributed by atoms with Gasteiger partial charge >= 0.3 is 12.1 Å². The lowest BCUT2D eigenvalue weighted by atomic mass is 10.4. The van der Waals surface area contributed by atoms with Gasteiger partial charge in [-0.2, -0.15) is 13.2 Å². The van der Waals surface area contributed by atoms with Crippen LogP contribution in [0.15, 0.2) is 0 Å². The number of carboxylic acids is 1. The van der Waals surface area contributed by atoms with Crippen LogP contribution in [0, 0.1) is 5.41 Å². The Morgan fingerprint density at radius 1 is 1.43 bits per heavy atom. The molecule has 0 atom stereocenters. The smallest absolute Gasteiger partial charge is 0.475 e. The number of nitrogens with zero attached hydrogens (tertiary/aromatic N) is 1. The van der Waals surface area contributed by atoms with E-state index >= 15 is 0 Å². The Balaban J connectivity index is 0. The van der Waals surface area contributed by atoms with Crippen molar-refractivity contribution in [2.45, 2.75) is 19.5 Å². The Morgan fingerprint density at radius 3 is 1.71 bits per heavy atom. The maximum Gasteiger partial charge on any atom is 0.490 e. The zero-order chi connectivity index (χ0) is 11.9. The molecule has 0 radical (unpaired) electrons. The number of alkyl halides is 3. The zero-order valence-electron chi connectivity index (χ0n) is 8.14. The molecule has 7 heteroatoms. The van der Waals surface area contributed by atoms with Crippen LogP contribution >= 0.6 is 0 Å². The van der Waals surface area contributed by atoms with Gasteiger partial charge in [0.15, 0.2) is 0 Å². The predicted octanol–water partition coefficient (Wildman–Crippen LogP) is 1.57.